The molecule has 74 valence electrons. The molecule has 4 heteroatoms. The van der Waals surface area contributed by atoms with Gasteiger partial charge in [-0.25, -0.2) is 11.6 Å². The summed E-state index contributed by atoms with van der Waals surface area (Å²) in [6, 6.07) is 0. The molecule has 0 N–H and O–H groups in total. The molecule has 1 heterocycles. The lowest BCUT2D eigenvalue weighted by Crippen LogP contribution is -2.04. The van der Waals surface area contributed by atoms with E-state index in [9.17, 15) is 0 Å². The van der Waals surface area contributed by atoms with Gasteiger partial charge in [-0.3, -0.25) is 0 Å². The molecule has 0 spiro atoms. The van der Waals surface area contributed by atoms with Crippen LogP contribution in [0.2, 0.25) is 0 Å². The topological polar surface area (TPSA) is 39.4 Å². The average Bonchev–Trinajstić information content (AvgIpc) is 2.20. The van der Waals surface area contributed by atoms with E-state index in [-0.39, 0.29) is 6.54 Å². The Kier molecular flexibility index (Phi) is 3.41. The minimum Gasteiger partial charge on any atom is -0.481 e. The summed E-state index contributed by atoms with van der Waals surface area (Å²) in [5.74, 6) is 1.29. The standard InChI is InChI=1S/C10H13N3O/c1-5-9-12-7(2)8(6-11-3)10(13-9)14-4/h5-6H2,1-2,4H3. The van der Waals surface area contributed by atoms with Crippen molar-refractivity contribution in [3.05, 3.63) is 28.5 Å². The normalized spacial score (nSPS) is 9.57. The van der Waals surface area contributed by atoms with Crippen LogP contribution in [-0.4, -0.2) is 17.1 Å². The van der Waals surface area contributed by atoms with E-state index < -0.39 is 0 Å². The molecule has 1 rings (SSSR count). The van der Waals surface area contributed by atoms with E-state index in [1.165, 1.54) is 0 Å². The minimum absolute atomic E-state index is 0.277. The molecule has 0 aromatic carbocycles. The lowest BCUT2D eigenvalue weighted by atomic mass is 10.2. The summed E-state index contributed by atoms with van der Waals surface area (Å²) in [5, 5.41) is 0. The van der Waals surface area contributed by atoms with Crippen molar-refractivity contribution in [3.8, 4) is 5.88 Å². The maximum atomic E-state index is 6.82. The summed E-state index contributed by atoms with van der Waals surface area (Å²) in [4.78, 5) is 11.8. The van der Waals surface area contributed by atoms with Crippen LogP contribution < -0.4 is 4.74 Å². The van der Waals surface area contributed by atoms with E-state index in [4.69, 9.17) is 11.3 Å². The van der Waals surface area contributed by atoms with Crippen LogP contribution in [0.4, 0.5) is 0 Å². The van der Waals surface area contributed by atoms with Crippen molar-refractivity contribution in [1.29, 1.82) is 0 Å². The van der Waals surface area contributed by atoms with E-state index >= 15 is 0 Å². The number of ether oxygens (including phenoxy) is 1. The molecule has 1 aromatic heterocycles. The first-order chi connectivity index (χ1) is 6.72. The Labute approximate surface area is 83.8 Å². The van der Waals surface area contributed by atoms with Gasteiger partial charge in [-0.2, -0.15) is 4.98 Å². The van der Waals surface area contributed by atoms with Crippen molar-refractivity contribution in [3.63, 3.8) is 0 Å². The first-order valence-electron chi connectivity index (χ1n) is 4.46. The van der Waals surface area contributed by atoms with Gasteiger partial charge >= 0.3 is 0 Å². The molecule has 0 radical (unpaired) electrons. The van der Waals surface area contributed by atoms with Crippen molar-refractivity contribution >= 4 is 0 Å². The molecule has 0 aliphatic carbocycles. The molecule has 0 aliphatic rings. The van der Waals surface area contributed by atoms with Crippen LogP contribution in [0.3, 0.4) is 0 Å². The van der Waals surface area contributed by atoms with Gasteiger partial charge in [0.2, 0.25) is 12.4 Å². The molecule has 0 amide bonds. The number of methoxy groups -OCH3 is 1. The first kappa shape index (κ1) is 10.5. The first-order valence-corrected chi connectivity index (χ1v) is 4.46. The lowest BCUT2D eigenvalue weighted by molar-refractivity contribution is 0.389. The molecule has 0 fully saturated rings. The zero-order chi connectivity index (χ0) is 10.6. The van der Waals surface area contributed by atoms with E-state index in [0.717, 1.165) is 23.5 Å². The maximum Gasteiger partial charge on any atom is 0.246 e. The summed E-state index contributed by atoms with van der Waals surface area (Å²) in [7, 11) is 1.56. The maximum absolute atomic E-state index is 6.82. The molecule has 0 aliphatic heterocycles. The summed E-state index contributed by atoms with van der Waals surface area (Å²) < 4.78 is 5.13. The van der Waals surface area contributed by atoms with Crippen molar-refractivity contribution in [2.24, 2.45) is 0 Å². The van der Waals surface area contributed by atoms with Gasteiger partial charge in [0.25, 0.3) is 0 Å². The fourth-order valence-corrected chi connectivity index (χ4v) is 1.21. The van der Waals surface area contributed by atoms with Crippen molar-refractivity contribution in [2.45, 2.75) is 26.8 Å². The van der Waals surface area contributed by atoms with Crippen LogP contribution in [0.1, 0.15) is 24.0 Å². The van der Waals surface area contributed by atoms with Gasteiger partial charge in [0.1, 0.15) is 11.4 Å². The SMILES string of the molecule is [C-]#[N+]Cc1c(C)nc(CC)nc1OC. The van der Waals surface area contributed by atoms with E-state index in [1.807, 2.05) is 13.8 Å². The molecule has 14 heavy (non-hydrogen) atoms. The predicted octanol–water partition coefficient (Wildman–Crippen LogP) is 1.78. The van der Waals surface area contributed by atoms with Crippen LogP contribution in [0.5, 0.6) is 5.88 Å². The Bertz CT molecular complexity index is 368. The molecular formula is C10H13N3O. The Hall–Kier alpha value is -1.63. The third kappa shape index (κ3) is 1.99. The van der Waals surface area contributed by atoms with Crippen LogP contribution in [-0.2, 0) is 13.0 Å². The zero-order valence-corrected chi connectivity index (χ0v) is 8.66. The Morgan fingerprint density at radius 1 is 1.43 bits per heavy atom. The zero-order valence-electron chi connectivity index (χ0n) is 8.66. The average molecular weight is 191 g/mol. The second kappa shape index (κ2) is 4.56. The van der Waals surface area contributed by atoms with Crippen LogP contribution in [0, 0.1) is 13.5 Å². The third-order valence-electron chi connectivity index (χ3n) is 1.97. The monoisotopic (exact) mass is 191 g/mol. The number of nitrogens with zero attached hydrogens (tertiary/aromatic N) is 3. The van der Waals surface area contributed by atoms with Crippen LogP contribution in [0.25, 0.3) is 4.85 Å². The third-order valence-corrected chi connectivity index (χ3v) is 1.97. The number of hydrogen-bond donors (Lipinski definition) is 0. The summed E-state index contributed by atoms with van der Waals surface area (Å²) in [6.45, 7) is 11.0. The van der Waals surface area contributed by atoms with Crippen molar-refractivity contribution in [2.75, 3.05) is 7.11 Å². The highest BCUT2D eigenvalue weighted by molar-refractivity contribution is 5.31. The molecule has 0 saturated heterocycles. The van der Waals surface area contributed by atoms with Gasteiger partial charge in [0.05, 0.1) is 12.8 Å². The van der Waals surface area contributed by atoms with Crippen molar-refractivity contribution < 1.29 is 4.74 Å². The van der Waals surface area contributed by atoms with E-state index in [0.29, 0.717) is 5.88 Å². The Balaban J connectivity index is 3.21. The minimum atomic E-state index is 0.277. The number of aromatic nitrogens is 2. The fraction of sp³-hybridized carbons (Fsp3) is 0.500. The fourth-order valence-electron chi connectivity index (χ4n) is 1.21. The van der Waals surface area contributed by atoms with E-state index in [2.05, 4.69) is 14.8 Å². The molecule has 4 nitrogen and oxygen atoms in total. The lowest BCUT2D eigenvalue weighted by Gasteiger charge is -2.07. The molecular weight excluding hydrogens is 178 g/mol. The molecule has 0 unspecified atom stereocenters. The van der Waals surface area contributed by atoms with Gasteiger partial charge in [-0.05, 0) is 6.92 Å². The molecule has 0 bridgehead atoms. The Morgan fingerprint density at radius 2 is 2.14 bits per heavy atom. The highest BCUT2D eigenvalue weighted by Gasteiger charge is 2.13. The predicted molar refractivity (Wildman–Crippen MR) is 53.0 cm³/mol. The van der Waals surface area contributed by atoms with Gasteiger partial charge < -0.3 is 9.58 Å². The number of rotatable bonds is 3. The molecule has 0 saturated carbocycles. The molecule has 0 atom stereocenters. The smallest absolute Gasteiger partial charge is 0.246 e. The highest BCUT2D eigenvalue weighted by Crippen LogP contribution is 2.19. The largest absolute Gasteiger partial charge is 0.481 e. The second-order valence-electron chi connectivity index (χ2n) is 2.88. The second-order valence-corrected chi connectivity index (χ2v) is 2.88. The van der Waals surface area contributed by atoms with Gasteiger partial charge in [-0.1, -0.05) is 6.92 Å². The van der Waals surface area contributed by atoms with Gasteiger partial charge in [0.15, 0.2) is 0 Å². The molecule has 1 aromatic rings. The summed E-state index contributed by atoms with van der Waals surface area (Å²) in [6.07, 6.45) is 0.773. The number of aryl methyl sites for hydroxylation is 2. The van der Waals surface area contributed by atoms with Crippen molar-refractivity contribution in [1.82, 2.24) is 9.97 Å². The quantitative estimate of drug-likeness (QED) is 0.683. The summed E-state index contributed by atoms with van der Waals surface area (Å²) in [5.41, 5.74) is 1.63. The van der Waals surface area contributed by atoms with Crippen LogP contribution in [0.15, 0.2) is 0 Å². The van der Waals surface area contributed by atoms with Gasteiger partial charge in [-0.15, -0.1) is 0 Å². The summed E-state index contributed by atoms with van der Waals surface area (Å²) >= 11 is 0. The van der Waals surface area contributed by atoms with E-state index in [1.54, 1.807) is 7.11 Å². The van der Waals surface area contributed by atoms with Crippen LogP contribution >= 0.6 is 0 Å². The van der Waals surface area contributed by atoms with Gasteiger partial charge in [0, 0.05) is 6.42 Å². The number of hydrogen-bond acceptors (Lipinski definition) is 3. The highest BCUT2D eigenvalue weighted by atomic mass is 16.5. The Morgan fingerprint density at radius 3 is 2.64 bits per heavy atom.